The van der Waals surface area contributed by atoms with E-state index in [0.29, 0.717) is 6.54 Å². The molecule has 0 radical (unpaired) electrons. The molecule has 29 heavy (non-hydrogen) atoms. The molecule has 0 unspecified atom stereocenters. The van der Waals surface area contributed by atoms with Crippen molar-refractivity contribution in [2.24, 2.45) is 4.99 Å². The van der Waals surface area contributed by atoms with Crippen LogP contribution in [0.15, 0.2) is 100 Å². The lowest BCUT2D eigenvalue weighted by Gasteiger charge is -2.00. The van der Waals surface area contributed by atoms with Gasteiger partial charge in [-0.2, -0.15) is 0 Å². The van der Waals surface area contributed by atoms with Gasteiger partial charge >= 0.3 is 0 Å². The van der Waals surface area contributed by atoms with Crippen molar-refractivity contribution >= 4 is 50.1 Å². The molecule has 0 aliphatic rings. The van der Waals surface area contributed by atoms with E-state index >= 15 is 0 Å². The van der Waals surface area contributed by atoms with Crippen LogP contribution in [0.4, 0.5) is 0 Å². The van der Waals surface area contributed by atoms with Crippen molar-refractivity contribution in [1.29, 1.82) is 0 Å². The van der Waals surface area contributed by atoms with Gasteiger partial charge in [0, 0.05) is 27.6 Å². The van der Waals surface area contributed by atoms with Gasteiger partial charge in [-0.1, -0.05) is 66.7 Å². The monoisotopic (exact) mass is 374 g/mol. The molecule has 0 aliphatic carbocycles. The first-order valence-electron chi connectivity index (χ1n) is 9.76. The fraction of sp³-hybridized carbons (Fsp3) is 0.0385. The molecule has 0 bridgehead atoms. The summed E-state index contributed by atoms with van der Waals surface area (Å²) in [5.74, 6) is 0. The zero-order valence-electron chi connectivity index (χ0n) is 15.7. The molecule has 0 fully saturated rings. The third-order valence-electron chi connectivity index (χ3n) is 5.52. The van der Waals surface area contributed by atoms with Gasteiger partial charge in [0.2, 0.25) is 0 Å². The Bertz CT molecular complexity index is 1520. The van der Waals surface area contributed by atoms with E-state index in [9.17, 15) is 0 Å². The van der Waals surface area contributed by atoms with Crippen LogP contribution < -0.4 is 0 Å². The molecular weight excluding hydrogens is 356 g/mol. The summed E-state index contributed by atoms with van der Waals surface area (Å²) in [6.45, 7) is 0.654. The van der Waals surface area contributed by atoms with Crippen LogP contribution in [0.25, 0.3) is 43.7 Å². The van der Waals surface area contributed by atoms with Crippen LogP contribution in [0.2, 0.25) is 0 Å². The molecule has 3 heteroatoms. The summed E-state index contributed by atoms with van der Waals surface area (Å²) in [7, 11) is 0. The van der Waals surface area contributed by atoms with Gasteiger partial charge in [0.1, 0.15) is 11.2 Å². The summed E-state index contributed by atoms with van der Waals surface area (Å²) in [6.07, 6.45) is 1.94. The number of aromatic nitrogens is 1. The summed E-state index contributed by atoms with van der Waals surface area (Å²) < 4.78 is 8.29. The van der Waals surface area contributed by atoms with Gasteiger partial charge in [-0.05, 0) is 23.8 Å². The maximum Gasteiger partial charge on any atom is 0.137 e. The van der Waals surface area contributed by atoms with Gasteiger partial charge in [0.25, 0.3) is 0 Å². The minimum absolute atomic E-state index is 0.654. The summed E-state index contributed by atoms with van der Waals surface area (Å²) in [5, 5.41) is 4.74. The van der Waals surface area contributed by atoms with E-state index in [-0.39, 0.29) is 0 Å². The third-order valence-corrected chi connectivity index (χ3v) is 5.52. The fourth-order valence-electron chi connectivity index (χ4n) is 4.15. The SMILES string of the molecule is C(=N\Cc1ccccc1)/n1c2ccccc2c2cc3c(cc21)oc1ccccc13. The quantitative estimate of drug-likeness (QED) is 0.248. The lowest BCUT2D eigenvalue weighted by Crippen LogP contribution is -1.95. The van der Waals surface area contributed by atoms with Crippen LogP contribution in [0.5, 0.6) is 0 Å². The van der Waals surface area contributed by atoms with Crippen molar-refractivity contribution < 1.29 is 4.42 Å². The van der Waals surface area contributed by atoms with Gasteiger partial charge < -0.3 is 8.98 Å². The van der Waals surface area contributed by atoms with Crippen LogP contribution in [-0.4, -0.2) is 10.9 Å². The summed E-state index contributed by atoms with van der Waals surface area (Å²) in [6, 6.07) is 31.4. The molecule has 0 spiro atoms. The zero-order chi connectivity index (χ0) is 19.2. The molecule has 138 valence electrons. The Labute approximate surface area is 167 Å². The highest BCUT2D eigenvalue weighted by atomic mass is 16.3. The number of nitrogens with zero attached hydrogens (tertiary/aromatic N) is 2. The van der Waals surface area contributed by atoms with Gasteiger partial charge in [0.15, 0.2) is 0 Å². The molecule has 0 N–H and O–H groups in total. The number of rotatable bonds is 3. The van der Waals surface area contributed by atoms with E-state index in [0.717, 1.165) is 33.0 Å². The van der Waals surface area contributed by atoms with Crippen molar-refractivity contribution in [2.75, 3.05) is 0 Å². The molecule has 0 amide bonds. The lowest BCUT2D eigenvalue weighted by molar-refractivity contribution is 0.669. The number of aliphatic imine (C=N–C) groups is 1. The van der Waals surface area contributed by atoms with Crippen LogP contribution in [0.3, 0.4) is 0 Å². The Morgan fingerprint density at radius 3 is 2.31 bits per heavy atom. The minimum atomic E-state index is 0.654. The number of furan rings is 1. The molecule has 0 saturated carbocycles. The highest BCUT2D eigenvalue weighted by Crippen LogP contribution is 2.36. The molecule has 0 saturated heterocycles. The molecule has 2 aromatic heterocycles. The van der Waals surface area contributed by atoms with Gasteiger partial charge in [-0.15, -0.1) is 0 Å². The van der Waals surface area contributed by atoms with Crippen molar-refractivity contribution in [3.05, 3.63) is 96.6 Å². The lowest BCUT2D eigenvalue weighted by atomic mass is 10.1. The summed E-state index contributed by atoms with van der Waals surface area (Å²) in [4.78, 5) is 4.71. The first kappa shape index (κ1) is 16.1. The van der Waals surface area contributed by atoms with Crippen LogP contribution >= 0.6 is 0 Å². The van der Waals surface area contributed by atoms with Crippen molar-refractivity contribution in [3.8, 4) is 0 Å². The van der Waals surface area contributed by atoms with E-state index in [1.54, 1.807) is 0 Å². The summed E-state index contributed by atoms with van der Waals surface area (Å²) >= 11 is 0. The second kappa shape index (κ2) is 6.35. The van der Waals surface area contributed by atoms with E-state index < -0.39 is 0 Å². The zero-order valence-corrected chi connectivity index (χ0v) is 15.7. The second-order valence-electron chi connectivity index (χ2n) is 7.29. The largest absolute Gasteiger partial charge is 0.456 e. The predicted molar refractivity (Wildman–Crippen MR) is 121 cm³/mol. The Morgan fingerprint density at radius 1 is 0.655 bits per heavy atom. The first-order valence-corrected chi connectivity index (χ1v) is 9.76. The van der Waals surface area contributed by atoms with Crippen LogP contribution in [-0.2, 0) is 6.54 Å². The first-order chi connectivity index (χ1) is 14.4. The molecule has 4 aromatic carbocycles. The molecule has 0 atom stereocenters. The predicted octanol–water partition coefficient (Wildman–Crippen LogP) is 6.77. The van der Waals surface area contributed by atoms with Gasteiger partial charge in [0.05, 0.1) is 23.9 Å². The Hall–Kier alpha value is -3.85. The van der Waals surface area contributed by atoms with E-state index in [2.05, 4.69) is 65.2 Å². The van der Waals surface area contributed by atoms with E-state index in [1.807, 2.05) is 36.7 Å². The number of fused-ring (bicyclic) bond motifs is 6. The molecule has 6 aromatic rings. The van der Waals surface area contributed by atoms with E-state index in [4.69, 9.17) is 9.41 Å². The Morgan fingerprint density at radius 2 is 1.41 bits per heavy atom. The molecule has 0 aliphatic heterocycles. The van der Waals surface area contributed by atoms with Crippen LogP contribution in [0, 0.1) is 0 Å². The number of hydrogen-bond donors (Lipinski definition) is 0. The van der Waals surface area contributed by atoms with Crippen molar-refractivity contribution in [3.63, 3.8) is 0 Å². The van der Waals surface area contributed by atoms with Gasteiger partial charge in [-0.3, -0.25) is 4.99 Å². The molecule has 2 heterocycles. The average Bonchev–Trinajstić information content (AvgIpc) is 3.28. The normalized spacial score (nSPS) is 12.1. The summed E-state index contributed by atoms with van der Waals surface area (Å²) in [5.41, 5.74) is 5.28. The topological polar surface area (TPSA) is 30.4 Å². The fourth-order valence-corrected chi connectivity index (χ4v) is 4.15. The van der Waals surface area contributed by atoms with E-state index in [1.165, 1.54) is 16.3 Å². The number of para-hydroxylation sites is 2. The highest BCUT2D eigenvalue weighted by molar-refractivity contribution is 6.18. The molecule has 3 nitrogen and oxygen atoms in total. The maximum atomic E-state index is 6.13. The standard InChI is InChI=1S/C26H18N2O/c1-2-8-18(9-3-1)16-27-17-28-23-12-6-4-10-19(23)21-14-22-20-11-5-7-13-25(20)29-26(22)15-24(21)28/h1-15,17H,16H2/b27-17+. The number of benzene rings is 4. The Balaban J connectivity index is 1.58. The van der Waals surface area contributed by atoms with Crippen LogP contribution in [0.1, 0.15) is 5.56 Å². The minimum Gasteiger partial charge on any atom is -0.456 e. The second-order valence-corrected chi connectivity index (χ2v) is 7.29. The smallest absolute Gasteiger partial charge is 0.137 e. The van der Waals surface area contributed by atoms with Crippen molar-refractivity contribution in [1.82, 2.24) is 4.57 Å². The number of hydrogen-bond acceptors (Lipinski definition) is 2. The maximum absolute atomic E-state index is 6.13. The highest BCUT2D eigenvalue weighted by Gasteiger charge is 2.14. The molecule has 6 rings (SSSR count). The van der Waals surface area contributed by atoms with Gasteiger partial charge in [-0.25, -0.2) is 0 Å². The average molecular weight is 374 g/mol. The Kier molecular flexibility index (Phi) is 3.53. The third kappa shape index (κ3) is 2.55. The van der Waals surface area contributed by atoms with Crippen molar-refractivity contribution in [2.45, 2.75) is 6.54 Å². The molecular formula is C26H18N2O.